The molecule has 0 unspecified atom stereocenters. The Kier molecular flexibility index (Phi) is 6.73. The van der Waals surface area contributed by atoms with Gasteiger partial charge in [0.15, 0.2) is 0 Å². The number of unbranched alkanes of at least 4 members (excludes halogenated alkanes) is 1. The number of methoxy groups -OCH3 is 1. The van der Waals surface area contributed by atoms with Crippen molar-refractivity contribution in [3.8, 4) is 5.75 Å². The van der Waals surface area contributed by atoms with Crippen molar-refractivity contribution in [3.05, 3.63) is 22.7 Å². The second-order valence-corrected chi connectivity index (χ2v) is 5.32. The van der Waals surface area contributed by atoms with E-state index < -0.39 is 0 Å². The summed E-state index contributed by atoms with van der Waals surface area (Å²) in [5.74, 6) is 2.11. The Morgan fingerprint density at radius 2 is 2.19 bits per heavy atom. The van der Waals surface area contributed by atoms with Crippen LogP contribution in [0.1, 0.15) is 12.8 Å². The molecule has 0 fully saturated rings. The molecule has 0 saturated heterocycles. The maximum atomic E-state index is 5.18. The molecule has 0 bridgehead atoms. The summed E-state index contributed by atoms with van der Waals surface area (Å²) < 4.78 is 6.17. The van der Waals surface area contributed by atoms with E-state index in [4.69, 9.17) is 4.74 Å². The lowest BCUT2D eigenvalue weighted by Crippen LogP contribution is -2.01. The molecule has 0 heterocycles. The Bertz CT molecular complexity index is 320. The van der Waals surface area contributed by atoms with Gasteiger partial charge in [-0.15, -0.1) is 0 Å². The van der Waals surface area contributed by atoms with Gasteiger partial charge in [0.25, 0.3) is 0 Å². The molecule has 0 aliphatic heterocycles. The van der Waals surface area contributed by atoms with Crippen LogP contribution in [-0.4, -0.2) is 25.7 Å². The van der Waals surface area contributed by atoms with E-state index in [1.54, 1.807) is 7.11 Å². The number of rotatable bonds is 7. The zero-order valence-corrected chi connectivity index (χ0v) is 12.2. The van der Waals surface area contributed by atoms with Crippen molar-refractivity contribution in [2.75, 3.05) is 31.0 Å². The first-order valence-corrected chi connectivity index (χ1v) is 7.53. The van der Waals surface area contributed by atoms with Crippen molar-refractivity contribution >= 4 is 33.4 Å². The van der Waals surface area contributed by atoms with Crippen LogP contribution >= 0.6 is 27.7 Å². The van der Waals surface area contributed by atoms with Gasteiger partial charge in [0.05, 0.1) is 11.6 Å². The van der Waals surface area contributed by atoms with Crippen LogP contribution in [0.5, 0.6) is 5.75 Å². The Labute approximate surface area is 110 Å². The first kappa shape index (κ1) is 13.7. The summed E-state index contributed by atoms with van der Waals surface area (Å²) in [6.07, 6.45) is 4.63. The monoisotopic (exact) mass is 303 g/mol. The number of hydrogen-bond donors (Lipinski definition) is 1. The Balaban J connectivity index is 2.34. The van der Waals surface area contributed by atoms with Gasteiger partial charge in [-0.1, -0.05) is 0 Å². The molecule has 0 atom stereocenters. The lowest BCUT2D eigenvalue weighted by atomic mass is 10.3. The van der Waals surface area contributed by atoms with E-state index >= 15 is 0 Å². The molecule has 0 aliphatic carbocycles. The Morgan fingerprint density at radius 3 is 2.81 bits per heavy atom. The quantitative estimate of drug-likeness (QED) is 0.769. The van der Waals surface area contributed by atoms with Crippen LogP contribution in [-0.2, 0) is 0 Å². The van der Waals surface area contributed by atoms with Crippen molar-refractivity contribution in [2.24, 2.45) is 0 Å². The van der Waals surface area contributed by atoms with Crippen LogP contribution in [0.15, 0.2) is 22.7 Å². The van der Waals surface area contributed by atoms with Crippen molar-refractivity contribution in [3.63, 3.8) is 0 Å². The van der Waals surface area contributed by atoms with Gasteiger partial charge in [-0.2, -0.15) is 11.8 Å². The molecule has 1 aromatic carbocycles. The van der Waals surface area contributed by atoms with Gasteiger partial charge in [0, 0.05) is 12.2 Å². The molecule has 0 saturated carbocycles. The fourth-order valence-corrected chi connectivity index (χ4v) is 2.41. The highest BCUT2D eigenvalue weighted by molar-refractivity contribution is 9.10. The third-order valence-corrected chi connectivity index (χ3v) is 3.57. The fraction of sp³-hybridized carbons (Fsp3) is 0.500. The van der Waals surface area contributed by atoms with Crippen LogP contribution < -0.4 is 10.1 Å². The zero-order chi connectivity index (χ0) is 11.8. The average molecular weight is 304 g/mol. The van der Waals surface area contributed by atoms with E-state index in [1.807, 2.05) is 30.0 Å². The zero-order valence-electron chi connectivity index (χ0n) is 9.75. The number of benzene rings is 1. The summed E-state index contributed by atoms with van der Waals surface area (Å²) in [6.45, 7) is 1.03. The highest BCUT2D eigenvalue weighted by Crippen LogP contribution is 2.27. The summed E-state index contributed by atoms with van der Waals surface area (Å²) in [4.78, 5) is 0. The van der Waals surface area contributed by atoms with E-state index in [-0.39, 0.29) is 0 Å². The van der Waals surface area contributed by atoms with Gasteiger partial charge in [0.1, 0.15) is 5.75 Å². The molecule has 90 valence electrons. The van der Waals surface area contributed by atoms with Crippen molar-refractivity contribution < 1.29 is 4.74 Å². The van der Waals surface area contributed by atoms with Gasteiger partial charge in [0.2, 0.25) is 0 Å². The normalized spacial score (nSPS) is 10.2. The number of thioether (sulfide) groups is 1. The van der Waals surface area contributed by atoms with Crippen LogP contribution in [0.4, 0.5) is 5.69 Å². The highest BCUT2D eigenvalue weighted by Gasteiger charge is 2.00. The third-order valence-electron chi connectivity index (χ3n) is 2.26. The lowest BCUT2D eigenvalue weighted by Gasteiger charge is -2.08. The van der Waals surface area contributed by atoms with Crippen molar-refractivity contribution in [1.29, 1.82) is 0 Å². The van der Waals surface area contributed by atoms with Crippen molar-refractivity contribution in [1.82, 2.24) is 0 Å². The largest absolute Gasteiger partial charge is 0.496 e. The van der Waals surface area contributed by atoms with Gasteiger partial charge in [-0.3, -0.25) is 0 Å². The average Bonchev–Trinajstić information content (AvgIpc) is 2.29. The summed E-state index contributed by atoms with van der Waals surface area (Å²) in [5, 5.41) is 3.40. The SMILES string of the molecule is COc1ccc(NCCCCSC)cc1Br. The molecule has 0 radical (unpaired) electrons. The number of halogens is 1. The van der Waals surface area contributed by atoms with Crippen LogP contribution in [0.25, 0.3) is 0 Å². The van der Waals surface area contributed by atoms with Crippen LogP contribution in [0, 0.1) is 0 Å². The summed E-state index contributed by atoms with van der Waals surface area (Å²) in [5.41, 5.74) is 1.14. The minimum atomic E-state index is 0.868. The van der Waals surface area contributed by atoms with Gasteiger partial charge >= 0.3 is 0 Å². The summed E-state index contributed by atoms with van der Waals surface area (Å²) >= 11 is 5.38. The molecule has 2 nitrogen and oxygen atoms in total. The van der Waals surface area contributed by atoms with Crippen LogP contribution in [0.3, 0.4) is 0 Å². The molecule has 1 aromatic rings. The molecular formula is C12H18BrNOS. The number of hydrogen-bond acceptors (Lipinski definition) is 3. The number of ether oxygens (including phenoxy) is 1. The first-order valence-electron chi connectivity index (χ1n) is 5.34. The summed E-state index contributed by atoms with van der Waals surface area (Å²) in [6, 6.07) is 6.06. The van der Waals surface area contributed by atoms with Gasteiger partial charge < -0.3 is 10.1 Å². The Hall–Kier alpha value is -0.350. The van der Waals surface area contributed by atoms with E-state index in [0.29, 0.717) is 0 Å². The van der Waals surface area contributed by atoms with Crippen molar-refractivity contribution in [2.45, 2.75) is 12.8 Å². The second kappa shape index (κ2) is 7.85. The molecule has 1 N–H and O–H groups in total. The predicted octanol–water partition coefficient (Wildman–Crippen LogP) is 4.01. The minimum absolute atomic E-state index is 0.868. The Morgan fingerprint density at radius 1 is 1.38 bits per heavy atom. The van der Waals surface area contributed by atoms with Crippen LogP contribution in [0.2, 0.25) is 0 Å². The van der Waals surface area contributed by atoms with E-state index in [9.17, 15) is 0 Å². The first-order chi connectivity index (χ1) is 7.77. The molecule has 0 aromatic heterocycles. The van der Waals surface area contributed by atoms with E-state index in [1.165, 1.54) is 18.6 Å². The molecule has 1 rings (SSSR count). The highest BCUT2D eigenvalue weighted by atomic mass is 79.9. The van der Waals surface area contributed by atoms with E-state index in [2.05, 4.69) is 27.5 Å². The standard InChI is InChI=1S/C12H18BrNOS/c1-15-12-6-5-10(9-11(12)13)14-7-3-4-8-16-2/h5-6,9,14H,3-4,7-8H2,1-2H3. The fourth-order valence-electron chi connectivity index (χ4n) is 1.38. The summed E-state index contributed by atoms with van der Waals surface area (Å²) in [7, 11) is 1.68. The molecule has 0 aliphatic rings. The predicted molar refractivity (Wildman–Crippen MR) is 76.8 cm³/mol. The molecule has 16 heavy (non-hydrogen) atoms. The van der Waals surface area contributed by atoms with E-state index in [0.717, 1.165) is 22.5 Å². The minimum Gasteiger partial charge on any atom is -0.496 e. The molecule has 0 amide bonds. The molecular weight excluding hydrogens is 286 g/mol. The lowest BCUT2D eigenvalue weighted by molar-refractivity contribution is 0.412. The topological polar surface area (TPSA) is 21.3 Å². The van der Waals surface area contributed by atoms with Gasteiger partial charge in [-0.05, 0) is 59.0 Å². The maximum absolute atomic E-state index is 5.18. The number of nitrogens with one attached hydrogen (secondary N) is 1. The third kappa shape index (κ3) is 4.66. The second-order valence-electron chi connectivity index (χ2n) is 3.48. The molecule has 4 heteroatoms. The maximum Gasteiger partial charge on any atom is 0.133 e. The molecule has 0 spiro atoms. The van der Waals surface area contributed by atoms with Gasteiger partial charge in [-0.25, -0.2) is 0 Å². The smallest absolute Gasteiger partial charge is 0.133 e. The number of anilines is 1.